The molecule has 0 unspecified atom stereocenters. The van der Waals surface area contributed by atoms with Gasteiger partial charge in [0, 0.05) is 13.0 Å². The zero-order chi connectivity index (χ0) is 14.0. The average Bonchev–Trinajstić information content (AvgIpc) is 2.36. The van der Waals surface area contributed by atoms with Gasteiger partial charge in [-0.05, 0) is 25.0 Å². The van der Waals surface area contributed by atoms with E-state index in [1.165, 1.54) is 0 Å². The molecule has 1 heterocycles. The van der Waals surface area contributed by atoms with Crippen molar-refractivity contribution in [1.82, 2.24) is 10.6 Å². The van der Waals surface area contributed by atoms with Crippen LogP contribution in [0.25, 0.3) is 0 Å². The number of rotatable bonds is 3. The van der Waals surface area contributed by atoms with E-state index in [-0.39, 0.29) is 11.8 Å². The van der Waals surface area contributed by atoms with E-state index < -0.39 is 11.6 Å². The summed E-state index contributed by atoms with van der Waals surface area (Å²) in [4.78, 5) is 23.8. The highest BCUT2D eigenvalue weighted by Gasteiger charge is 2.39. The molecule has 1 aromatic carbocycles. The maximum Gasteiger partial charge on any atom is 0.245 e. The minimum atomic E-state index is -0.841. The zero-order valence-electron chi connectivity index (χ0n) is 11.2. The molecular formula is C14H19N3O2. The third kappa shape index (κ3) is 2.93. The zero-order valence-corrected chi connectivity index (χ0v) is 11.2. The summed E-state index contributed by atoms with van der Waals surface area (Å²) in [5.74, 6) is -0.310. The van der Waals surface area contributed by atoms with Crippen molar-refractivity contribution in [3.63, 3.8) is 0 Å². The molecule has 1 aliphatic rings. The molecule has 0 saturated carbocycles. The van der Waals surface area contributed by atoms with E-state index in [1.807, 2.05) is 24.3 Å². The molecule has 2 rings (SSSR count). The molecule has 1 saturated heterocycles. The number of piperazine rings is 1. The lowest BCUT2D eigenvalue weighted by molar-refractivity contribution is -0.140. The van der Waals surface area contributed by atoms with Crippen LogP contribution in [0.5, 0.6) is 0 Å². The van der Waals surface area contributed by atoms with E-state index in [1.54, 1.807) is 13.8 Å². The predicted octanol–water partition coefficient (Wildman–Crippen LogP) is 0.0810. The first-order valence-corrected chi connectivity index (χ1v) is 6.33. The normalized spacial score (nSPS) is 21.7. The Morgan fingerprint density at radius 3 is 2.63 bits per heavy atom. The van der Waals surface area contributed by atoms with Crippen molar-refractivity contribution in [2.24, 2.45) is 5.73 Å². The van der Waals surface area contributed by atoms with Crippen LogP contribution in [0.15, 0.2) is 24.3 Å². The molecule has 0 radical (unpaired) electrons. The minimum Gasteiger partial charge on any atom is -0.342 e. The molecule has 1 aliphatic heterocycles. The van der Waals surface area contributed by atoms with Gasteiger partial charge in [0.1, 0.15) is 11.6 Å². The fraction of sp³-hybridized carbons (Fsp3) is 0.429. The first kappa shape index (κ1) is 13.5. The lowest BCUT2D eigenvalue weighted by atomic mass is 9.95. The monoisotopic (exact) mass is 261 g/mol. The molecule has 1 fully saturated rings. The van der Waals surface area contributed by atoms with E-state index >= 15 is 0 Å². The first-order chi connectivity index (χ1) is 8.92. The van der Waals surface area contributed by atoms with E-state index in [4.69, 9.17) is 5.73 Å². The van der Waals surface area contributed by atoms with Crippen LogP contribution in [0.4, 0.5) is 0 Å². The van der Waals surface area contributed by atoms with Gasteiger partial charge in [-0.3, -0.25) is 9.59 Å². The second kappa shape index (κ2) is 5.01. The van der Waals surface area contributed by atoms with Gasteiger partial charge in [-0.2, -0.15) is 0 Å². The van der Waals surface area contributed by atoms with Gasteiger partial charge in [0.2, 0.25) is 11.8 Å². The number of hydrogen-bond donors (Lipinski definition) is 3. The molecule has 0 spiro atoms. The van der Waals surface area contributed by atoms with Crippen LogP contribution in [-0.4, -0.2) is 23.4 Å². The van der Waals surface area contributed by atoms with Gasteiger partial charge < -0.3 is 16.4 Å². The van der Waals surface area contributed by atoms with Crippen LogP contribution < -0.4 is 16.4 Å². The highest BCUT2D eigenvalue weighted by Crippen LogP contribution is 2.13. The molecule has 19 heavy (non-hydrogen) atoms. The maximum absolute atomic E-state index is 12.0. The third-order valence-electron chi connectivity index (χ3n) is 3.29. The van der Waals surface area contributed by atoms with E-state index in [0.717, 1.165) is 11.1 Å². The Morgan fingerprint density at radius 2 is 1.95 bits per heavy atom. The van der Waals surface area contributed by atoms with Crippen molar-refractivity contribution in [3.05, 3.63) is 35.4 Å². The summed E-state index contributed by atoms with van der Waals surface area (Å²) >= 11 is 0. The Kier molecular flexibility index (Phi) is 3.57. The van der Waals surface area contributed by atoms with Gasteiger partial charge in [-0.15, -0.1) is 0 Å². The summed E-state index contributed by atoms with van der Waals surface area (Å²) in [6.07, 6.45) is 0.474. The largest absolute Gasteiger partial charge is 0.342 e. The second-order valence-electron chi connectivity index (χ2n) is 5.37. The number of nitrogens with one attached hydrogen (secondary N) is 2. The Hall–Kier alpha value is -1.88. The van der Waals surface area contributed by atoms with Crippen LogP contribution in [0, 0.1) is 0 Å². The summed E-state index contributed by atoms with van der Waals surface area (Å²) in [7, 11) is 0. The lowest BCUT2D eigenvalue weighted by Gasteiger charge is -2.34. The molecular weight excluding hydrogens is 242 g/mol. The van der Waals surface area contributed by atoms with Gasteiger partial charge in [0.15, 0.2) is 0 Å². The summed E-state index contributed by atoms with van der Waals surface area (Å²) in [5.41, 5.74) is 6.75. The molecule has 2 amide bonds. The summed E-state index contributed by atoms with van der Waals surface area (Å²) in [6.45, 7) is 3.83. The van der Waals surface area contributed by atoms with Crippen molar-refractivity contribution in [2.45, 2.75) is 38.4 Å². The predicted molar refractivity (Wildman–Crippen MR) is 72.2 cm³/mol. The van der Waals surface area contributed by atoms with Gasteiger partial charge in [-0.25, -0.2) is 0 Å². The third-order valence-corrected chi connectivity index (χ3v) is 3.29. The van der Waals surface area contributed by atoms with E-state index in [9.17, 15) is 9.59 Å². The topological polar surface area (TPSA) is 84.2 Å². The Labute approximate surface area is 112 Å². The molecule has 0 aliphatic carbocycles. The van der Waals surface area contributed by atoms with Crippen molar-refractivity contribution < 1.29 is 9.59 Å². The SMILES string of the molecule is CC1(C)NC(=O)[C@H](Cc2cccc(CN)c2)NC1=O. The van der Waals surface area contributed by atoms with E-state index in [0.29, 0.717) is 13.0 Å². The van der Waals surface area contributed by atoms with Crippen molar-refractivity contribution in [2.75, 3.05) is 0 Å². The number of hydrogen-bond acceptors (Lipinski definition) is 3. The van der Waals surface area contributed by atoms with Crippen LogP contribution in [0.2, 0.25) is 0 Å². The Bertz CT molecular complexity index is 511. The molecule has 0 aromatic heterocycles. The molecule has 1 atom stereocenters. The highest BCUT2D eigenvalue weighted by atomic mass is 16.2. The number of carbonyl (C=O) groups is 2. The van der Waals surface area contributed by atoms with Crippen molar-refractivity contribution in [1.29, 1.82) is 0 Å². The maximum atomic E-state index is 12.0. The molecule has 102 valence electrons. The van der Waals surface area contributed by atoms with Crippen molar-refractivity contribution >= 4 is 11.8 Å². The van der Waals surface area contributed by atoms with Crippen LogP contribution in [0.3, 0.4) is 0 Å². The summed E-state index contributed by atoms with van der Waals surface area (Å²) < 4.78 is 0. The first-order valence-electron chi connectivity index (χ1n) is 6.33. The summed E-state index contributed by atoms with van der Waals surface area (Å²) in [5, 5.41) is 5.49. The lowest BCUT2D eigenvalue weighted by Crippen LogP contribution is -2.67. The van der Waals surface area contributed by atoms with Gasteiger partial charge in [0.05, 0.1) is 0 Å². The van der Waals surface area contributed by atoms with Crippen molar-refractivity contribution in [3.8, 4) is 0 Å². The van der Waals surface area contributed by atoms with Crippen LogP contribution in [-0.2, 0) is 22.6 Å². The fourth-order valence-electron chi connectivity index (χ4n) is 2.12. The Balaban J connectivity index is 2.11. The fourth-order valence-corrected chi connectivity index (χ4v) is 2.12. The number of benzene rings is 1. The van der Waals surface area contributed by atoms with Crippen LogP contribution >= 0.6 is 0 Å². The van der Waals surface area contributed by atoms with Gasteiger partial charge >= 0.3 is 0 Å². The Morgan fingerprint density at radius 1 is 1.26 bits per heavy atom. The second-order valence-corrected chi connectivity index (χ2v) is 5.37. The standard InChI is InChI=1S/C14H19N3O2/c1-14(2)13(19)16-11(12(18)17-14)7-9-4-3-5-10(6-9)8-15/h3-6,11H,7-8,15H2,1-2H3,(H,16,19)(H,17,18)/t11-/m0/s1. The quantitative estimate of drug-likeness (QED) is 0.720. The number of nitrogens with two attached hydrogens (primary N) is 1. The molecule has 5 heteroatoms. The smallest absolute Gasteiger partial charge is 0.245 e. The van der Waals surface area contributed by atoms with Gasteiger partial charge in [0.25, 0.3) is 0 Å². The highest BCUT2D eigenvalue weighted by molar-refractivity contribution is 5.99. The minimum absolute atomic E-state index is 0.150. The average molecular weight is 261 g/mol. The van der Waals surface area contributed by atoms with Crippen LogP contribution in [0.1, 0.15) is 25.0 Å². The molecule has 4 N–H and O–H groups in total. The number of carbonyl (C=O) groups excluding carboxylic acids is 2. The van der Waals surface area contributed by atoms with Gasteiger partial charge in [-0.1, -0.05) is 24.3 Å². The molecule has 0 bridgehead atoms. The molecule has 1 aromatic rings. The molecule has 5 nitrogen and oxygen atoms in total. The van der Waals surface area contributed by atoms with E-state index in [2.05, 4.69) is 10.6 Å². The number of amides is 2. The summed E-state index contributed by atoms with van der Waals surface area (Å²) in [6, 6.07) is 7.21.